The first-order valence-corrected chi connectivity index (χ1v) is 9.84. The molecular formula is C16H20BrN5O2S. The van der Waals surface area contributed by atoms with Crippen molar-refractivity contribution in [1.82, 2.24) is 25.0 Å². The standard InChI is InChI=1S/C16H20BrN5O2S/c1-21(10-14-20-19-13-5-3-2-4-8-22(13)14)15(23)9-18-16(24)11-6-7-12(17)25-11/h6-7H,2-5,8-10H2,1H3,(H,18,24). The van der Waals surface area contributed by atoms with Gasteiger partial charge in [0.15, 0.2) is 5.82 Å². The van der Waals surface area contributed by atoms with Crippen molar-refractivity contribution >= 4 is 39.1 Å². The largest absolute Gasteiger partial charge is 0.342 e. The van der Waals surface area contributed by atoms with Crippen LogP contribution in [0.1, 0.15) is 40.6 Å². The maximum Gasteiger partial charge on any atom is 0.261 e. The lowest BCUT2D eigenvalue weighted by Gasteiger charge is -2.17. The normalized spacial score (nSPS) is 13.8. The van der Waals surface area contributed by atoms with E-state index in [-0.39, 0.29) is 18.4 Å². The molecule has 0 saturated heterocycles. The molecule has 0 aliphatic carbocycles. The lowest BCUT2D eigenvalue weighted by molar-refractivity contribution is -0.129. The number of carbonyl (C=O) groups is 2. The first-order chi connectivity index (χ1) is 12.0. The summed E-state index contributed by atoms with van der Waals surface area (Å²) in [4.78, 5) is 26.5. The first-order valence-electron chi connectivity index (χ1n) is 8.23. The molecule has 0 saturated carbocycles. The van der Waals surface area contributed by atoms with Crippen LogP contribution in [-0.4, -0.2) is 45.1 Å². The second-order valence-electron chi connectivity index (χ2n) is 6.03. The third-order valence-electron chi connectivity index (χ3n) is 4.19. The van der Waals surface area contributed by atoms with Crippen molar-refractivity contribution in [3.63, 3.8) is 0 Å². The van der Waals surface area contributed by atoms with Gasteiger partial charge in [0, 0.05) is 20.0 Å². The van der Waals surface area contributed by atoms with Crippen LogP contribution in [0.2, 0.25) is 0 Å². The molecule has 3 rings (SSSR count). The molecule has 1 N–H and O–H groups in total. The molecule has 2 amide bonds. The molecular weight excluding hydrogens is 406 g/mol. The second-order valence-corrected chi connectivity index (χ2v) is 8.49. The lowest BCUT2D eigenvalue weighted by atomic mass is 10.2. The number of carbonyl (C=O) groups excluding carboxylic acids is 2. The third kappa shape index (κ3) is 4.46. The molecule has 2 aromatic rings. The predicted octanol–water partition coefficient (Wildman–Crippen LogP) is 2.22. The Morgan fingerprint density at radius 3 is 2.92 bits per heavy atom. The van der Waals surface area contributed by atoms with E-state index in [2.05, 4.69) is 36.0 Å². The number of fused-ring (bicyclic) bond motifs is 1. The van der Waals surface area contributed by atoms with Crippen LogP contribution in [0.15, 0.2) is 15.9 Å². The van der Waals surface area contributed by atoms with Gasteiger partial charge >= 0.3 is 0 Å². The fraction of sp³-hybridized carbons (Fsp3) is 0.500. The minimum Gasteiger partial charge on any atom is -0.342 e. The number of nitrogens with one attached hydrogen (secondary N) is 1. The average molecular weight is 426 g/mol. The molecule has 3 heterocycles. The van der Waals surface area contributed by atoms with E-state index in [0.29, 0.717) is 11.4 Å². The number of rotatable bonds is 5. The smallest absolute Gasteiger partial charge is 0.261 e. The molecule has 9 heteroatoms. The number of halogens is 1. The number of hydrogen-bond acceptors (Lipinski definition) is 5. The van der Waals surface area contributed by atoms with Crippen LogP contribution in [0.5, 0.6) is 0 Å². The molecule has 1 aliphatic rings. The number of aryl methyl sites for hydroxylation is 1. The van der Waals surface area contributed by atoms with Crippen molar-refractivity contribution in [2.75, 3.05) is 13.6 Å². The molecule has 0 bridgehead atoms. The van der Waals surface area contributed by atoms with Gasteiger partial charge in [0.1, 0.15) is 5.82 Å². The van der Waals surface area contributed by atoms with E-state index < -0.39 is 0 Å². The summed E-state index contributed by atoms with van der Waals surface area (Å²) in [5.41, 5.74) is 0. The molecule has 0 unspecified atom stereocenters. The van der Waals surface area contributed by atoms with E-state index in [0.717, 1.165) is 41.2 Å². The monoisotopic (exact) mass is 425 g/mol. The van der Waals surface area contributed by atoms with Gasteiger partial charge in [0.25, 0.3) is 5.91 Å². The van der Waals surface area contributed by atoms with E-state index in [1.165, 1.54) is 17.8 Å². The fourth-order valence-corrected chi connectivity index (χ4v) is 4.08. The highest BCUT2D eigenvalue weighted by atomic mass is 79.9. The summed E-state index contributed by atoms with van der Waals surface area (Å²) in [6.45, 7) is 1.27. The number of likely N-dealkylation sites (N-methyl/N-ethyl adjacent to an activating group) is 1. The van der Waals surface area contributed by atoms with Gasteiger partial charge in [-0.15, -0.1) is 21.5 Å². The molecule has 0 atom stereocenters. The van der Waals surface area contributed by atoms with Gasteiger partial charge in [-0.25, -0.2) is 0 Å². The van der Waals surface area contributed by atoms with Crippen LogP contribution in [0, 0.1) is 0 Å². The van der Waals surface area contributed by atoms with Gasteiger partial charge in [-0.3, -0.25) is 9.59 Å². The van der Waals surface area contributed by atoms with Crippen LogP contribution in [0.4, 0.5) is 0 Å². The van der Waals surface area contributed by atoms with E-state index in [1.807, 2.05) is 6.07 Å². The van der Waals surface area contributed by atoms with Crippen LogP contribution in [0.3, 0.4) is 0 Å². The van der Waals surface area contributed by atoms with Gasteiger partial charge in [-0.05, 0) is 40.9 Å². The summed E-state index contributed by atoms with van der Waals surface area (Å²) in [6.07, 6.45) is 4.39. The SMILES string of the molecule is CN(Cc1nnc2n1CCCCC2)C(=O)CNC(=O)c1ccc(Br)s1. The van der Waals surface area contributed by atoms with Gasteiger partial charge < -0.3 is 14.8 Å². The summed E-state index contributed by atoms with van der Waals surface area (Å²) in [7, 11) is 1.72. The fourth-order valence-electron chi connectivity index (χ4n) is 2.78. The van der Waals surface area contributed by atoms with Crippen LogP contribution >= 0.6 is 27.3 Å². The third-order valence-corrected chi connectivity index (χ3v) is 5.81. The Balaban J connectivity index is 1.54. The zero-order chi connectivity index (χ0) is 17.8. The lowest BCUT2D eigenvalue weighted by Crippen LogP contribution is -2.38. The number of nitrogens with zero attached hydrogens (tertiary/aromatic N) is 4. The van der Waals surface area contributed by atoms with E-state index in [4.69, 9.17) is 0 Å². The summed E-state index contributed by atoms with van der Waals surface area (Å²) in [5.74, 6) is 1.41. The van der Waals surface area contributed by atoms with Crippen LogP contribution in [-0.2, 0) is 24.3 Å². The van der Waals surface area contributed by atoms with Crippen LogP contribution < -0.4 is 5.32 Å². The molecule has 0 aromatic carbocycles. The minimum absolute atomic E-state index is 0.0359. The maximum atomic E-state index is 12.3. The predicted molar refractivity (Wildman–Crippen MR) is 98.4 cm³/mol. The number of aromatic nitrogens is 3. The summed E-state index contributed by atoms with van der Waals surface area (Å²) < 4.78 is 3.01. The molecule has 0 spiro atoms. The second kappa shape index (κ2) is 8.09. The van der Waals surface area contributed by atoms with Gasteiger partial charge in [0.05, 0.1) is 21.8 Å². The minimum atomic E-state index is -0.242. The van der Waals surface area contributed by atoms with E-state index >= 15 is 0 Å². The highest BCUT2D eigenvalue weighted by Gasteiger charge is 2.18. The zero-order valence-corrected chi connectivity index (χ0v) is 16.4. The molecule has 134 valence electrons. The Morgan fingerprint density at radius 1 is 1.32 bits per heavy atom. The first kappa shape index (κ1) is 18.1. The van der Waals surface area contributed by atoms with Crippen molar-refractivity contribution < 1.29 is 9.59 Å². The Hall–Kier alpha value is -1.74. The van der Waals surface area contributed by atoms with Crippen molar-refractivity contribution in [3.05, 3.63) is 32.4 Å². The summed E-state index contributed by atoms with van der Waals surface area (Å²) in [6, 6.07) is 3.54. The van der Waals surface area contributed by atoms with Crippen molar-refractivity contribution in [1.29, 1.82) is 0 Å². The van der Waals surface area contributed by atoms with E-state index in [1.54, 1.807) is 18.0 Å². The number of hydrogen-bond donors (Lipinski definition) is 1. The Morgan fingerprint density at radius 2 is 2.16 bits per heavy atom. The maximum absolute atomic E-state index is 12.3. The number of amides is 2. The van der Waals surface area contributed by atoms with Crippen molar-refractivity contribution in [2.24, 2.45) is 0 Å². The molecule has 2 aromatic heterocycles. The van der Waals surface area contributed by atoms with Crippen LogP contribution in [0.25, 0.3) is 0 Å². The van der Waals surface area contributed by atoms with Gasteiger partial charge in [-0.1, -0.05) is 6.42 Å². The Labute approximate surface area is 158 Å². The average Bonchev–Trinajstić information content (AvgIpc) is 3.11. The highest BCUT2D eigenvalue weighted by Crippen LogP contribution is 2.21. The van der Waals surface area contributed by atoms with Gasteiger partial charge in [-0.2, -0.15) is 0 Å². The highest BCUT2D eigenvalue weighted by molar-refractivity contribution is 9.11. The molecule has 7 nitrogen and oxygen atoms in total. The summed E-state index contributed by atoms with van der Waals surface area (Å²) in [5, 5.41) is 11.1. The molecule has 0 radical (unpaired) electrons. The molecule has 1 aliphatic heterocycles. The quantitative estimate of drug-likeness (QED) is 0.795. The molecule has 0 fully saturated rings. The zero-order valence-electron chi connectivity index (χ0n) is 14.0. The Kier molecular flexibility index (Phi) is 5.85. The van der Waals surface area contributed by atoms with Gasteiger partial charge in [0.2, 0.25) is 5.91 Å². The Bertz CT molecular complexity index is 772. The van der Waals surface area contributed by atoms with Crippen molar-refractivity contribution in [2.45, 2.75) is 38.8 Å². The van der Waals surface area contributed by atoms with Crippen molar-refractivity contribution in [3.8, 4) is 0 Å². The number of thiophene rings is 1. The topological polar surface area (TPSA) is 80.1 Å². The summed E-state index contributed by atoms with van der Waals surface area (Å²) >= 11 is 4.66. The molecule has 25 heavy (non-hydrogen) atoms. The van der Waals surface area contributed by atoms with E-state index in [9.17, 15) is 9.59 Å².